The summed E-state index contributed by atoms with van der Waals surface area (Å²) in [7, 11) is 1.84. The van der Waals surface area contributed by atoms with E-state index in [1.54, 1.807) is 10.9 Å². The van der Waals surface area contributed by atoms with E-state index in [1.807, 2.05) is 7.05 Å². The van der Waals surface area contributed by atoms with E-state index in [1.165, 1.54) is 6.33 Å². The summed E-state index contributed by atoms with van der Waals surface area (Å²) in [5.74, 6) is 5.22. The highest BCUT2D eigenvalue weighted by molar-refractivity contribution is 6.04. The summed E-state index contributed by atoms with van der Waals surface area (Å²) in [6.45, 7) is 0. The molecule has 72 valence electrons. The third-order valence-corrected chi connectivity index (χ3v) is 1.88. The van der Waals surface area contributed by atoms with Crippen molar-refractivity contribution < 1.29 is 0 Å². The predicted molar refractivity (Wildman–Crippen MR) is 51.2 cm³/mol. The lowest BCUT2D eigenvalue weighted by Gasteiger charge is -1.98. The van der Waals surface area contributed by atoms with E-state index in [2.05, 4.69) is 20.1 Å². The SMILES string of the molecule is Cn1cnc2c(/C(N)=N/N)ncnc21. The number of nitrogens with two attached hydrogens (primary N) is 2. The Kier molecular flexibility index (Phi) is 1.77. The summed E-state index contributed by atoms with van der Waals surface area (Å²) in [5, 5.41) is 3.37. The van der Waals surface area contributed by atoms with E-state index in [4.69, 9.17) is 11.6 Å². The van der Waals surface area contributed by atoms with Crippen LogP contribution in [-0.4, -0.2) is 25.4 Å². The first kappa shape index (κ1) is 8.42. The summed E-state index contributed by atoms with van der Waals surface area (Å²) >= 11 is 0. The van der Waals surface area contributed by atoms with Crippen LogP contribution in [0.15, 0.2) is 17.8 Å². The lowest BCUT2D eigenvalue weighted by Crippen LogP contribution is -2.18. The second-order valence-electron chi connectivity index (χ2n) is 2.76. The van der Waals surface area contributed by atoms with Gasteiger partial charge in [-0.2, -0.15) is 5.10 Å². The molecule has 2 rings (SSSR count). The molecule has 2 heterocycles. The average Bonchev–Trinajstić information content (AvgIpc) is 2.59. The third-order valence-electron chi connectivity index (χ3n) is 1.88. The van der Waals surface area contributed by atoms with Gasteiger partial charge in [0.05, 0.1) is 6.33 Å². The Morgan fingerprint density at radius 3 is 2.93 bits per heavy atom. The first-order valence-electron chi connectivity index (χ1n) is 3.89. The van der Waals surface area contributed by atoms with Crippen molar-refractivity contribution in [2.45, 2.75) is 0 Å². The minimum Gasteiger partial charge on any atom is -0.380 e. The molecule has 0 saturated carbocycles. The van der Waals surface area contributed by atoms with Crippen LogP contribution in [0.2, 0.25) is 0 Å². The molecule has 7 nitrogen and oxygen atoms in total. The molecule has 0 spiro atoms. The van der Waals surface area contributed by atoms with E-state index >= 15 is 0 Å². The second-order valence-corrected chi connectivity index (χ2v) is 2.76. The largest absolute Gasteiger partial charge is 0.380 e. The van der Waals surface area contributed by atoms with Gasteiger partial charge in [0, 0.05) is 7.05 Å². The van der Waals surface area contributed by atoms with E-state index in [0.29, 0.717) is 16.9 Å². The van der Waals surface area contributed by atoms with Crippen molar-refractivity contribution in [1.82, 2.24) is 19.5 Å². The molecule has 7 heteroatoms. The van der Waals surface area contributed by atoms with Crippen LogP contribution in [0.3, 0.4) is 0 Å². The topological polar surface area (TPSA) is 108 Å². The van der Waals surface area contributed by atoms with E-state index < -0.39 is 0 Å². The highest BCUT2D eigenvalue weighted by Crippen LogP contribution is 2.10. The highest BCUT2D eigenvalue weighted by atomic mass is 15.2. The van der Waals surface area contributed by atoms with Crippen LogP contribution in [-0.2, 0) is 7.05 Å². The highest BCUT2D eigenvalue weighted by Gasteiger charge is 2.10. The zero-order chi connectivity index (χ0) is 10.1. The zero-order valence-electron chi connectivity index (χ0n) is 7.55. The van der Waals surface area contributed by atoms with Gasteiger partial charge in [0.1, 0.15) is 17.5 Å². The zero-order valence-corrected chi connectivity index (χ0v) is 7.55. The monoisotopic (exact) mass is 191 g/mol. The molecule has 14 heavy (non-hydrogen) atoms. The maximum absolute atomic E-state index is 5.56. The van der Waals surface area contributed by atoms with Gasteiger partial charge in [-0.05, 0) is 0 Å². The number of hydrogen-bond acceptors (Lipinski definition) is 5. The Bertz CT molecular complexity index is 498. The Morgan fingerprint density at radius 1 is 1.43 bits per heavy atom. The van der Waals surface area contributed by atoms with Crippen LogP contribution in [0.1, 0.15) is 5.69 Å². The molecule has 4 N–H and O–H groups in total. The number of nitrogens with zero attached hydrogens (tertiary/aromatic N) is 5. The van der Waals surface area contributed by atoms with Gasteiger partial charge in [0.15, 0.2) is 11.5 Å². The maximum Gasteiger partial charge on any atom is 0.171 e. The molecule has 0 aliphatic carbocycles. The number of fused-ring (bicyclic) bond motifs is 1. The van der Waals surface area contributed by atoms with Crippen LogP contribution in [0.5, 0.6) is 0 Å². The number of rotatable bonds is 1. The molecule has 0 aromatic carbocycles. The minimum absolute atomic E-state index is 0.149. The normalized spacial score (nSPS) is 12.2. The molecule has 0 unspecified atom stereocenters. The van der Waals surface area contributed by atoms with Gasteiger partial charge < -0.3 is 16.1 Å². The smallest absolute Gasteiger partial charge is 0.171 e. The first-order chi connectivity index (χ1) is 6.74. The van der Waals surface area contributed by atoms with Crippen molar-refractivity contribution in [2.75, 3.05) is 0 Å². The number of aryl methyl sites for hydroxylation is 1. The molecule has 2 aromatic rings. The van der Waals surface area contributed by atoms with Crippen molar-refractivity contribution in [3.8, 4) is 0 Å². The molecule has 0 atom stereocenters. The van der Waals surface area contributed by atoms with Crippen LogP contribution < -0.4 is 11.6 Å². The molecule has 0 aliphatic rings. The van der Waals surface area contributed by atoms with E-state index in [0.717, 1.165) is 0 Å². The number of aromatic nitrogens is 4. The Balaban J connectivity index is 2.78. The minimum atomic E-state index is 0.149. The second kappa shape index (κ2) is 2.95. The van der Waals surface area contributed by atoms with Crippen molar-refractivity contribution in [1.29, 1.82) is 0 Å². The fraction of sp³-hybridized carbons (Fsp3) is 0.143. The summed E-state index contributed by atoms with van der Waals surface area (Å²) in [5.41, 5.74) is 7.31. The van der Waals surface area contributed by atoms with Crippen LogP contribution in [0, 0.1) is 0 Å². The summed E-state index contributed by atoms with van der Waals surface area (Å²) in [6, 6.07) is 0. The van der Waals surface area contributed by atoms with Gasteiger partial charge in [0.2, 0.25) is 0 Å². The number of imidazole rings is 1. The van der Waals surface area contributed by atoms with Gasteiger partial charge >= 0.3 is 0 Å². The molecular formula is C7H9N7. The fourth-order valence-electron chi connectivity index (χ4n) is 1.19. The number of amidine groups is 1. The van der Waals surface area contributed by atoms with Crippen molar-refractivity contribution >= 4 is 17.0 Å². The van der Waals surface area contributed by atoms with Crippen LogP contribution in [0.25, 0.3) is 11.2 Å². The Morgan fingerprint density at radius 2 is 2.21 bits per heavy atom. The van der Waals surface area contributed by atoms with Crippen LogP contribution in [0.4, 0.5) is 0 Å². The van der Waals surface area contributed by atoms with Crippen molar-refractivity contribution in [3.05, 3.63) is 18.3 Å². The number of hydrazone groups is 1. The predicted octanol–water partition coefficient (Wildman–Crippen LogP) is -1.06. The van der Waals surface area contributed by atoms with E-state index in [9.17, 15) is 0 Å². The van der Waals surface area contributed by atoms with Gasteiger partial charge in [-0.1, -0.05) is 0 Å². The van der Waals surface area contributed by atoms with Gasteiger partial charge in [-0.15, -0.1) is 0 Å². The molecule has 2 aromatic heterocycles. The molecular weight excluding hydrogens is 182 g/mol. The van der Waals surface area contributed by atoms with Gasteiger partial charge in [-0.3, -0.25) is 0 Å². The summed E-state index contributed by atoms with van der Waals surface area (Å²) in [4.78, 5) is 12.1. The standard InChI is InChI=1S/C7H9N7/c1-14-3-12-5-4(6(8)13-9)10-2-11-7(5)14/h2-3H,9H2,1H3,(H2,8,13). The summed E-state index contributed by atoms with van der Waals surface area (Å²) in [6.07, 6.45) is 3.03. The lowest BCUT2D eigenvalue weighted by atomic mass is 10.3. The molecule has 0 bridgehead atoms. The third kappa shape index (κ3) is 1.06. The Labute approximate surface area is 79.5 Å². The quantitative estimate of drug-likeness (QED) is 0.258. The number of hydrogen-bond donors (Lipinski definition) is 2. The molecule has 0 amide bonds. The first-order valence-corrected chi connectivity index (χ1v) is 3.89. The molecule has 0 saturated heterocycles. The molecule has 0 aliphatic heterocycles. The van der Waals surface area contributed by atoms with Gasteiger partial charge in [0.25, 0.3) is 0 Å². The molecule has 0 radical (unpaired) electrons. The van der Waals surface area contributed by atoms with E-state index in [-0.39, 0.29) is 5.84 Å². The van der Waals surface area contributed by atoms with Crippen LogP contribution >= 0.6 is 0 Å². The maximum atomic E-state index is 5.56. The van der Waals surface area contributed by atoms with Crippen molar-refractivity contribution in [2.24, 2.45) is 23.7 Å². The lowest BCUT2D eigenvalue weighted by molar-refractivity contribution is 0.927. The summed E-state index contributed by atoms with van der Waals surface area (Å²) < 4.78 is 1.77. The Hall–Kier alpha value is -2.18. The fourth-order valence-corrected chi connectivity index (χ4v) is 1.19. The average molecular weight is 191 g/mol. The van der Waals surface area contributed by atoms with Crippen molar-refractivity contribution in [3.63, 3.8) is 0 Å². The molecule has 0 fully saturated rings. The van der Waals surface area contributed by atoms with Gasteiger partial charge in [-0.25, -0.2) is 15.0 Å².